The lowest BCUT2D eigenvalue weighted by Crippen LogP contribution is -2.59. The van der Waals surface area contributed by atoms with E-state index in [-0.39, 0.29) is 29.6 Å². The van der Waals surface area contributed by atoms with Crippen molar-refractivity contribution < 1.29 is 13.2 Å². The van der Waals surface area contributed by atoms with Crippen LogP contribution < -0.4 is 10.6 Å². The topological polar surface area (TPSA) is 96.3 Å². The molecule has 1 aromatic carbocycles. The number of aromatic nitrogens is 2. The summed E-state index contributed by atoms with van der Waals surface area (Å²) in [5.74, 6) is 0.124. The zero-order valence-electron chi connectivity index (χ0n) is 13.5. The maximum absolute atomic E-state index is 12.6. The van der Waals surface area contributed by atoms with Crippen LogP contribution in [0.5, 0.6) is 0 Å². The SMILES string of the molecule is O=C(Nc1ccc(-n2ccnc2)cc1)N1CCN[C@H]2CS(=O)(=O)C[C@H]21. The lowest BCUT2D eigenvalue weighted by atomic mass is 10.1. The van der Waals surface area contributed by atoms with Crippen LogP contribution in [0.2, 0.25) is 0 Å². The molecule has 0 bridgehead atoms. The predicted octanol–water partition coefficient (Wildman–Crippen LogP) is 0.475. The molecule has 9 heteroatoms. The minimum absolute atomic E-state index is 0.0255. The molecular formula is C16H19N5O3S. The third-order valence-corrected chi connectivity index (χ3v) is 6.38. The second kappa shape index (κ2) is 6.16. The van der Waals surface area contributed by atoms with Crippen molar-refractivity contribution in [3.63, 3.8) is 0 Å². The van der Waals surface area contributed by atoms with Crippen LogP contribution in [0.15, 0.2) is 43.0 Å². The molecule has 2 aromatic rings. The van der Waals surface area contributed by atoms with E-state index in [2.05, 4.69) is 15.6 Å². The van der Waals surface area contributed by atoms with E-state index >= 15 is 0 Å². The van der Waals surface area contributed by atoms with Gasteiger partial charge in [0.05, 0.1) is 23.9 Å². The fraction of sp³-hybridized carbons (Fsp3) is 0.375. The van der Waals surface area contributed by atoms with E-state index < -0.39 is 9.84 Å². The number of rotatable bonds is 2. The van der Waals surface area contributed by atoms with Crippen molar-refractivity contribution in [1.82, 2.24) is 19.8 Å². The zero-order chi connectivity index (χ0) is 17.4. The molecule has 1 aromatic heterocycles. The summed E-state index contributed by atoms with van der Waals surface area (Å²) in [6.45, 7) is 1.10. The Hall–Kier alpha value is -2.39. The maximum Gasteiger partial charge on any atom is 0.322 e. The van der Waals surface area contributed by atoms with Crippen molar-refractivity contribution >= 4 is 21.6 Å². The van der Waals surface area contributed by atoms with Gasteiger partial charge in [0.25, 0.3) is 0 Å². The third-order valence-electron chi connectivity index (χ3n) is 4.66. The predicted molar refractivity (Wildman–Crippen MR) is 93.5 cm³/mol. The van der Waals surface area contributed by atoms with Gasteiger partial charge in [-0.15, -0.1) is 0 Å². The minimum Gasteiger partial charge on any atom is -0.318 e. The maximum atomic E-state index is 12.6. The third kappa shape index (κ3) is 3.24. The summed E-state index contributed by atoms with van der Waals surface area (Å²) in [7, 11) is -3.09. The number of urea groups is 1. The van der Waals surface area contributed by atoms with Crippen LogP contribution in [0.1, 0.15) is 0 Å². The van der Waals surface area contributed by atoms with Crippen LogP contribution in [-0.2, 0) is 9.84 Å². The van der Waals surface area contributed by atoms with Gasteiger partial charge in [0, 0.05) is 42.9 Å². The second-order valence-corrected chi connectivity index (χ2v) is 8.50. The fourth-order valence-electron chi connectivity index (χ4n) is 3.44. The number of amides is 2. The summed E-state index contributed by atoms with van der Waals surface area (Å²) in [4.78, 5) is 18.3. The number of carbonyl (C=O) groups is 1. The van der Waals surface area contributed by atoms with Gasteiger partial charge >= 0.3 is 6.03 Å². The van der Waals surface area contributed by atoms with Crippen LogP contribution in [0.25, 0.3) is 5.69 Å². The van der Waals surface area contributed by atoms with E-state index in [4.69, 9.17) is 0 Å². The number of carbonyl (C=O) groups excluding carboxylic acids is 1. The summed E-state index contributed by atoms with van der Waals surface area (Å²) in [6, 6.07) is 6.67. The average Bonchev–Trinajstić information content (AvgIpc) is 3.21. The Balaban J connectivity index is 1.46. The Labute approximate surface area is 145 Å². The number of nitrogens with zero attached hydrogens (tertiary/aromatic N) is 3. The molecule has 2 amide bonds. The minimum atomic E-state index is -3.09. The number of piperazine rings is 1. The Kier molecular flexibility index (Phi) is 3.97. The number of fused-ring (bicyclic) bond motifs is 1. The van der Waals surface area contributed by atoms with Gasteiger partial charge in [-0.05, 0) is 24.3 Å². The van der Waals surface area contributed by atoms with Crippen LogP contribution >= 0.6 is 0 Å². The summed E-state index contributed by atoms with van der Waals surface area (Å²) in [5, 5.41) is 6.06. The van der Waals surface area contributed by atoms with Crippen molar-refractivity contribution in [3.05, 3.63) is 43.0 Å². The molecule has 2 aliphatic heterocycles. The quantitative estimate of drug-likeness (QED) is 0.811. The summed E-state index contributed by atoms with van der Waals surface area (Å²) in [5.41, 5.74) is 1.62. The first kappa shape index (κ1) is 16.1. The van der Waals surface area contributed by atoms with Crippen LogP contribution in [0.3, 0.4) is 0 Å². The molecule has 0 unspecified atom stereocenters. The molecule has 3 heterocycles. The van der Waals surface area contributed by atoms with Crippen LogP contribution in [0.4, 0.5) is 10.5 Å². The number of sulfone groups is 1. The molecule has 132 valence electrons. The molecule has 4 rings (SSSR count). The number of nitrogens with one attached hydrogen (secondary N) is 2. The van der Waals surface area contributed by atoms with Crippen LogP contribution in [-0.4, -0.2) is 65.6 Å². The van der Waals surface area contributed by atoms with Crippen molar-refractivity contribution in [2.75, 3.05) is 29.9 Å². The van der Waals surface area contributed by atoms with E-state index in [1.165, 1.54) is 0 Å². The fourth-order valence-corrected chi connectivity index (χ4v) is 5.40. The second-order valence-electron chi connectivity index (χ2n) is 6.35. The summed E-state index contributed by atoms with van der Waals surface area (Å²) < 4.78 is 25.6. The first-order valence-electron chi connectivity index (χ1n) is 8.12. The summed E-state index contributed by atoms with van der Waals surface area (Å²) in [6.07, 6.45) is 5.25. The molecule has 2 atom stereocenters. The first-order chi connectivity index (χ1) is 12.0. The molecule has 0 saturated carbocycles. The highest BCUT2D eigenvalue weighted by Crippen LogP contribution is 2.22. The highest BCUT2D eigenvalue weighted by Gasteiger charge is 2.44. The molecule has 0 radical (unpaired) electrons. The molecule has 25 heavy (non-hydrogen) atoms. The van der Waals surface area contributed by atoms with E-state index in [9.17, 15) is 13.2 Å². The van der Waals surface area contributed by atoms with E-state index in [1.807, 2.05) is 35.0 Å². The Morgan fingerprint density at radius 1 is 1.24 bits per heavy atom. The van der Waals surface area contributed by atoms with Gasteiger partial charge in [0.1, 0.15) is 0 Å². The molecule has 0 aliphatic carbocycles. The lowest BCUT2D eigenvalue weighted by Gasteiger charge is -2.37. The number of hydrogen-bond acceptors (Lipinski definition) is 5. The van der Waals surface area contributed by atoms with E-state index in [1.54, 1.807) is 17.4 Å². The molecule has 0 spiro atoms. The first-order valence-corrected chi connectivity index (χ1v) is 9.94. The average molecular weight is 361 g/mol. The van der Waals surface area contributed by atoms with Gasteiger partial charge in [-0.2, -0.15) is 0 Å². The van der Waals surface area contributed by atoms with Crippen molar-refractivity contribution in [2.24, 2.45) is 0 Å². The number of hydrogen-bond donors (Lipinski definition) is 2. The number of benzene rings is 1. The van der Waals surface area contributed by atoms with Gasteiger partial charge in [-0.25, -0.2) is 18.2 Å². The standard InChI is InChI=1S/C16H19N5O3S/c22-16(21-8-6-18-14-9-25(23,24)10-15(14)21)19-12-1-3-13(4-2-12)20-7-5-17-11-20/h1-5,7,11,14-15,18H,6,8-10H2,(H,19,22)/t14-,15+/m0/s1. The largest absolute Gasteiger partial charge is 0.322 e. The zero-order valence-corrected chi connectivity index (χ0v) is 14.3. The van der Waals surface area contributed by atoms with E-state index in [0.29, 0.717) is 18.8 Å². The molecular weight excluding hydrogens is 342 g/mol. The van der Waals surface area contributed by atoms with Gasteiger partial charge in [0.15, 0.2) is 9.84 Å². The van der Waals surface area contributed by atoms with Gasteiger partial charge in [-0.1, -0.05) is 0 Å². The Morgan fingerprint density at radius 2 is 2.04 bits per heavy atom. The van der Waals surface area contributed by atoms with Crippen molar-refractivity contribution in [1.29, 1.82) is 0 Å². The van der Waals surface area contributed by atoms with Crippen molar-refractivity contribution in [2.45, 2.75) is 12.1 Å². The van der Waals surface area contributed by atoms with Crippen LogP contribution in [0, 0.1) is 0 Å². The number of imidazole rings is 1. The molecule has 8 nitrogen and oxygen atoms in total. The normalized spacial score (nSPS) is 24.7. The molecule has 2 aliphatic rings. The van der Waals surface area contributed by atoms with Gasteiger partial charge < -0.3 is 20.1 Å². The Morgan fingerprint density at radius 3 is 2.76 bits per heavy atom. The van der Waals surface area contributed by atoms with Gasteiger partial charge in [0.2, 0.25) is 0 Å². The highest BCUT2D eigenvalue weighted by atomic mass is 32.2. The van der Waals surface area contributed by atoms with Gasteiger partial charge in [-0.3, -0.25) is 0 Å². The molecule has 2 N–H and O–H groups in total. The van der Waals surface area contributed by atoms with Crippen molar-refractivity contribution in [3.8, 4) is 5.69 Å². The number of anilines is 1. The monoisotopic (exact) mass is 361 g/mol. The smallest absolute Gasteiger partial charge is 0.318 e. The lowest BCUT2D eigenvalue weighted by molar-refractivity contribution is 0.163. The summed E-state index contributed by atoms with van der Waals surface area (Å²) >= 11 is 0. The molecule has 2 fully saturated rings. The van der Waals surface area contributed by atoms with E-state index in [0.717, 1.165) is 5.69 Å². The Bertz CT molecular complexity index is 864. The highest BCUT2D eigenvalue weighted by molar-refractivity contribution is 7.91. The molecule has 2 saturated heterocycles.